The molecule has 0 unspecified atom stereocenters. The number of carbonyl (C=O) groups is 1. The second kappa shape index (κ2) is 6.71. The van der Waals surface area contributed by atoms with Gasteiger partial charge in [-0.15, -0.1) is 0 Å². The highest BCUT2D eigenvalue weighted by Gasteiger charge is 2.18. The number of nitrogens with zero attached hydrogens (tertiary/aromatic N) is 1. The predicted octanol–water partition coefficient (Wildman–Crippen LogP) is 3.17. The summed E-state index contributed by atoms with van der Waals surface area (Å²) in [6.07, 6.45) is 2.22. The van der Waals surface area contributed by atoms with Crippen molar-refractivity contribution in [2.45, 2.75) is 25.7 Å². The molecule has 2 aromatic rings. The van der Waals surface area contributed by atoms with Crippen LogP contribution in [0.2, 0.25) is 0 Å². The summed E-state index contributed by atoms with van der Waals surface area (Å²) in [4.78, 5) is 16.3. The molecule has 0 atom stereocenters. The summed E-state index contributed by atoms with van der Waals surface area (Å²) in [5.74, 6) is 0.420. The maximum absolute atomic E-state index is 11.4. The quantitative estimate of drug-likeness (QED) is 0.914. The Labute approximate surface area is 131 Å². The molecule has 1 aromatic carbocycles. The first-order valence-electron chi connectivity index (χ1n) is 7.78. The first-order chi connectivity index (χ1) is 10.7. The minimum atomic E-state index is -0.0754. The van der Waals surface area contributed by atoms with Crippen molar-refractivity contribution in [1.29, 1.82) is 0 Å². The van der Waals surface area contributed by atoms with Gasteiger partial charge in [-0.05, 0) is 38.1 Å². The van der Waals surface area contributed by atoms with Crippen molar-refractivity contribution in [1.82, 2.24) is 10.3 Å². The average molecular weight is 295 g/mol. The molecular weight excluding hydrogens is 274 g/mol. The highest BCUT2D eigenvalue weighted by Crippen LogP contribution is 2.31. The standard InChI is InChI=1S/C18H21N3O/c1-13(22)20-17-8-7-16(14-9-11-19-12-10-14)21-18(17)15-5-3-2-4-6-15/h2-8,14,19H,9-12H2,1H3,(H,20,22). The number of hydrogen-bond donors (Lipinski definition) is 2. The molecule has 114 valence electrons. The fourth-order valence-electron chi connectivity index (χ4n) is 2.93. The molecule has 22 heavy (non-hydrogen) atoms. The van der Waals surface area contributed by atoms with E-state index in [2.05, 4.69) is 10.6 Å². The highest BCUT2D eigenvalue weighted by molar-refractivity contribution is 5.93. The van der Waals surface area contributed by atoms with Crippen LogP contribution in [-0.4, -0.2) is 24.0 Å². The smallest absolute Gasteiger partial charge is 0.221 e. The SMILES string of the molecule is CC(=O)Nc1ccc(C2CCNCC2)nc1-c1ccccc1. The zero-order chi connectivity index (χ0) is 15.4. The number of piperidine rings is 1. The van der Waals surface area contributed by atoms with E-state index < -0.39 is 0 Å². The van der Waals surface area contributed by atoms with Gasteiger partial charge in [0.2, 0.25) is 5.91 Å². The molecule has 0 bridgehead atoms. The van der Waals surface area contributed by atoms with Crippen LogP contribution in [0.3, 0.4) is 0 Å². The van der Waals surface area contributed by atoms with E-state index in [1.54, 1.807) is 0 Å². The van der Waals surface area contributed by atoms with Gasteiger partial charge in [0, 0.05) is 24.1 Å². The Hall–Kier alpha value is -2.20. The molecular formula is C18H21N3O. The Kier molecular flexibility index (Phi) is 4.49. The van der Waals surface area contributed by atoms with Crippen molar-refractivity contribution in [2.75, 3.05) is 18.4 Å². The molecule has 3 rings (SSSR count). The number of amides is 1. The van der Waals surface area contributed by atoms with Crippen LogP contribution in [-0.2, 0) is 4.79 Å². The Morgan fingerprint density at radius 1 is 1.14 bits per heavy atom. The Bertz CT molecular complexity index is 649. The summed E-state index contributed by atoms with van der Waals surface area (Å²) in [5.41, 5.74) is 3.78. The van der Waals surface area contributed by atoms with E-state index >= 15 is 0 Å². The van der Waals surface area contributed by atoms with Crippen LogP contribution in [0, 0.1) is 0 Å². The van der Waals surface area contributed by atoms with Gasteiger partial charge in [-0.3, -0.25) is 9.78 Å². The maximum atomic E-state index is 11.4. The van der Waals surface area contributed by atoms with E-state index in [0.29, 0.717) is 5.92 Å². The van der Waals surface area contributed by atoms with E-state index in [9.17, 15) is 4.79 Å². The molecule has 2 N–H and O–H groups in total. The van der Waals surface area contributed by atoms with Gasteiger partial charge in [0.1, 0.15) is 0 Å². The lowest BCUT2D eigenvalue weighted by Gasteiger charge is -2.23. The molecule has 4 nitrogen and oxygen atoms in total. The van der Waals surface area contributed by atoms with Gasteiger partial charge >= 0.3 is 0 Å². The summed E-state index contributed by atoms with van der Waals surface area (Å²) < 4.78 is 0. The molecule has 1 aliphatic heterocycles. The molecule has 1 aromatic heterocycles. The van der Waals surface area contributed by atoms with Gasteiger partial charge in [-0.25, -0.2) is 0 Å². The van der Waals surface area contributed by atoms with E-state index in [-0.39, 0.29) is 5.91 Å². The van der Waals surface area contributed by atoms with Crippen LogP contribution >= 0.6 is 0 Å². The van der Waals surface area contributed by atoms with Crippen molar-refractivity contribution in [2.24, 2.45) is 0 Å². The lowest BCUT2D eigenvalue weighted by atomic mass is 9.93. The van der Waals surface area contributed by atoms with Gasteiger partial charge in [0.25, 0.3) is 0 Å². The van der Waals surface area contributed by atoms with Crippen LogP contribution in [0.5, 0.6) is 0 Å². The van der Waals surface area contributed by atoms with Crippen molar-refractivity contribution in [3.63, 3.8) is 0 Å². The summed E-state index contributed by atoms with van der Waals surface area (Å²) in [5, 5.41) is 6.27. The van der Waals surface area contributed by atoms with Crippen molar-refractivity contribution in [3.05, 3.63) is 48.2 Å². The van der Waals surface area contributed by atoms with E-state index in [0.717, 1.165) is 48.6 Å². The lowest BCUT2D eigenvalue weighted by molar-refractivity contribution is -0.114. The number of rotatable bonds is 3. The Morgan fingerprint density at radius 3 is 2.55 bits per heavy atom. The lowest BCUT2D eigenvalue weighted by Crippen LogP contribution is -2.27. The molecule has 1 fully saturated rings. The molecule has 0 saturated carbocycles. The number of hydrogen-bond acceptors (Lipinski definition) is 3. The normalized spacial score (nSPS) is 15.5. The summed E-state index contributed by atoms with van der Waals surface area (Å²) in [6, 6.07) is 14.1. The average Bonchev–Trinajstić information content (AvgIpc) is 2.56. The second-order valence-corrected chi connectivity index (χ2v) is 5.70. The van der Waals surface area contributed by atoms with Crippen molar-refractivity contribution >= 4 is 11.6 Å². The predicted molar refractivity (Wildman–Crippen MR) is 88.8 cm³/mol. The first-order valence-corrected chi connectivity index (χ1v) is 7.78. The van der Waals surface area contributed by atoms with Gasteiger partial charge in [-0.1, -0.05) is 30.3 Å². The molecule has 0 aliphatic carbocycles. The number of pyridine rings is 1. The third-order valence-electron chi connectivity index (χ3n) is 4.03. The third kappa shape index (κ3) is 3.34. The molecule has 1 saturated heterocycles. The van der Waals surface area contributed by atoms with E-state index in [4.69, 9.17) is 4.98 Å². The van der Waals surface area contributed by atoms with E-state index in [1.165, 1.54) is 6.92 Å². The van der Waals surface area contributed by atoms with Crippen molar-refractivity contribution in [3.8, 4) is 11.3 Å². The molecule has 0 spiro atoms. The fourth-order valence-corrected chi connectivity index (χ4v) is 2.93. The summed E-state index contributed by atoms with van der Waals surface area (Å²) in [7, 11) is 0. The van der Waals surface area contributed by atoms with Gasteiger partial charge < -0.3 is 10.6 Å². The van der Waals surface area contributed by atoms with Crippen LogP contribution in [0.1, 0.15) is 31.4 Å². The Balaban J connectivity index is 2.00. The molecule has 4 heteroatoms. The number of benzene rings is 1. The minimum absolute atomic E-state index is 0.0754. The van der Waals surface area contributed by atoms with E-state index in [1.807, 2.05) is 42.5 Å². The molecule has 0 radical (unpaired) electrons. The summed E-state index contributed by atoms with van der Waals surface area (Å²) in [6.45, 7) is 3.61. The topological polar surface area (TPSA) is 54.0 Å². The number of aromatic nitrogens is 1. The van der Waals surface area contributed by atoms with Gasteiger partial charge in [-0.2, -0.15) is 0 Å². The van der Waals surface area contributed by atoms with Crippen molar-refractivity contribution < 1.29 is 4.79 Å². The van der Waals surface area contributed by atoms with Crippen LogP contribution in [0.4, 0.5) is 5.69 Å². The third-order valence-corrected chi connectivity index (χ3v) is 4.03. The Morgan fingerprint density at radius 2 is 1.86 bits per heavy atom. The first kappa shape index (κ1) is 14.7. The number of anilines is 1. The molecule has 2 heterocycles. The molecule has 1 amide bonds. The van der Waals surface area contributed by atoms with Gasteiger partial charge in [0.05, 0.1) is 11.4 Å². The fraction of sp³-hybridized carbons (Fsp3) is 0.333. The van der Waals surface area contributed by atoms with Crippen LogP contribution < -0.4 is 10.6 Å². The highest BCUT2D eigenvalue weighted by atomic mass is 16.1. The zero-order valence-electron chi connectivity index (χ0n) is 12.8. The maximum Gasteiger partial charge on any atom is 0.221 e. The minimum Gasteiger partial charge on any atom is -0.324 e. The molecule has 1 aliphatic rings. The van der Waals surface area contributed by atoms with Crippen LogP contribution in [0.25, 0.3) is 11.3 Å². The largest absolute Gasteiger partial charge is 0.324 e. The van der Waals surface area contributed by atoms with Crippen LogP contribution in [0.15, 0.2) is 42.5 Å². The van der Waals surface area contributed by atoms with Gasteiger partial charge in [0.15, 0.2) is 0 Å². The second-order valence-electron chi connectivity index (χ2n) is 5.70. The monoisotopic (exact) mass is 295 g/mol. The number of carbonyl (C=O) groups excluding carboxylic acids is 1. The zero-order valence-corrected chi connectivity index (χ0v) is 12.8. The number of nitrogens with one attached hydrogen (secondary N) is 2. The summed E-state index contributed by atoms with van der Waals surface area (Å²) >= 11 is 0.